The smallest absolute Gasteiger partial charge is 0.256 e. The third kappa shape index (κ3) is 3.22. The second-order valence-electron chi connectivity index (χ2n) is 7.58. The monoisotopic (exact) mass is 396 g/mol. The van der Waals surface area contributed by atoms with Crippen LogP contribution in [0, 0.1) is 0 Å². The number of hydrogen-bond donors (Lipinski definition) is 3. The van der Waals surface area contributed by atoms with Gasteiger partial charge in [-0.2, -0.15) is 0 Å². The van der Waals surface area contributed by atoms with Crippen LogP contribution in [0.3, 0.4) is 0 Å². The highest BCUT2D eigenvalue weighted by Crippen LogP contribution is 2.56. The molecule has 4 N–H and O–H groups in total. The van der Waals surface area contributed by atoms with Crippen LogP contribution < -0.4 is 11.1 Å². The molecule has 2 atom stereocenters. The standard InChI is InChI=1S/C24H20N4O2/c25-22(29)17-7-4-8-18(21(17)20-12-19(20)14-5-2-1-3-6-14)24(30)28-16-11-15-9-10-26-23(15)27-13-16/h1-11,13,19-20H,12H2,(H2,25,29)(H,26,27)(H,28,30)/t19-,20-/m0/s1. The fourth-order valence-electron chi connectivity index (χ4n) is 4.17. The van der Waals surface area contributed by atoms with E-state index < -0.39 is 5.91 Å². The zero-order valence-corrected chi connectivity index (χ0v) is 16.1. The Morgan fingerprint density at radius 2 is 1.80 bits per heavy atom. The summed E-state index contributed by atoms with van der Waals surface area (Å²) < 4.78 is 0. The fourth-order valence-corrected chi connectivity index (χ4v) is 4.17. The summed E-state index contributed by atoms with van der Waals surface area (Å²) >= 11 is 0. The average Bonchev–Trinajstić information content (AvgIpc) is 3.42. The fraction of sp³-hybridized carbons (Fsp3) is 0.125. The number of aromatic amines is 1. The van der Waals surface area contributed by atoms with Gasteiger partial charge in [-0.3, -0.25) is 9.59 Å². The first kappa shape index (κ1) is 18.1. The number of nitrogens with zero attached hydrogens (tertiary/aromatic N) is 1. The first-order chi connectivity index (χ1) is 14.6. The molecule has 6 heteroatoms. The molecule has 2 aromatic heterocycles. The summed E-state index contributed by atoms with van der Waals surface area (Å²) in [5, 5.41) is 3.82. The van der Waals surface area contributed by atoms with Crippen LogP contribution in [-0.4, -0.2) is 21.8 Å². The van der Waals surface area contributed by atoms with Crippen LogP contribution in [0.4, 0.5) is 5.69 Å². The molecule has 4 aromatic rings. The third-order valence-electron chi connectivity index (χ3n) is 5.66. The number of anilines is 1. The van der Waals surface area contributed by atoms with Gasteiger partial charge in [0.25, 0.3) is 5.91 Å². The van der Waals surface area contributed by atoms with Crippen LogP contribution in [0.25, 0.3) is 11.0 Å². The lowest BCUT2D eigenvalue weighted by molar-refractivity contribution is 0.0999. The molecular formula is C24H20N4O2. The average molecular weight is 396 g/mol. The minimum absolute atomic E-state index is 0.0853. The molecule has 0 spiro atoms. The Labute approximate surface area is 173 Å². The zero-order valence-electron chi connectivity index (χ0n) is 16.1. The summed E-state index contributed by atoms with van der Waals surface area (Å²) in [6.45, 7) is 0. The van der Waals surface area contributed by atoms with Crippen molar-refractivity contribution < 1.29 is 9.59 Å². The third-order valence-corrected chi connectivity index (χ3v) is 5.66. The van der Waals surface area contributed by atoms with Gasteiger partial charge in [0.2, 0.25) is 5.91 Å². The predicted octanol–water partition coefficient (Wildman–Crippen LogP) is 4.19. The number of fused-ring (bicyclic) bond motifs is 1. The van der Waals surface area contributed by atoms with E-state index in [1.165, 1.54) is 5.56 Å². The predicted molar refractivity (Wildman–Crippen MR) is 116 cm³/mol. The van der Waals surface area contributed by atoms with Crippen LogP contribution >= 0.6 is 0 Å². The highest BCUT2D eigenvalue weighted by Gasteiger charge is 2.43. The Balaban J connectivity index is 1.49. The maximum Gasteiger partial charge on any atom is 0.256 e. The molecule has 0 unspecified atom stereocenters. The molecule has 1 saturated carbocycles. The molecule has 0 saturated heterocycles. The van der Waals surface area contributed by atoms with E-state index in [1.54, 1.807) is 30.6 Å². The summed E-state index contributed by atoms with van der Waals surface area (Å²) in [4.78, 5) is 32.6. The van der Waals surface area contributed by atoms with Crippen molar-refractivity contribution in [3.8, 4) is 0 Å². The van der Waals surface area contributed by atoms with Crippen LogP contribution in [0.1, 0.15) is 50.1 Å². The number of nitrogens with two attached hydrogens (primary N) is 1. The van der Waals surface area contributed by atoms with E-state index >= 15 is 0 Å². The van der Waals surface area contributed by atoms with E-state index in [1.807, 2.05) is 30.3 Å². The van der Waals surface area contributed by atoms with Crippen molar-refractivity contribution in [1.82, 2.24) is 9.97 Å². The van der Waals surface area contributed by atoms with Gasteiger partial charge in [0.15, 0.2) is 0 Å². The van der Waals surface area contributed by atoms with E-state index in [0.29, 0.717) is 16.8 Å². The van der Waals surface area contributed by atoms with Crippen molar-refractivity contribution in [3.05, 3.63) is 95.3 Å². The summed E-state index contributed by atoms with van der Waals surface area (Å²) in [6.07, 6.45) is 4.29. The van der Waals surface area contributed by atoms with Gasteiger partial charge in [-0.25, -0.2) is 4.98 Å². The summed E-state index contributed by atoms with van der Waals surface area (Å²) in [5.41, 5.74) is 9.82. The molecule has 1 fully saturated rings. The number of nitrogens with one attached hydrogen (secondary N) is 2. The van der Waals surface area contributed by atoms with E-state index in [0.717, 1.165) is 23.0 Å². The maximum atomic E-state index is 13.2. The van der Waals surface area contributed by atoms with Crippen molar-refractivity contribution in [2.45, 2.75) is 18.3 Å². The Bertz CT molecular complexity index is 1260. The molecule has 2 amide bonds. The Morgan fingerprint density at radius 3 is 2.60 bits per heavy atom. The summed E-state index contributed by atoms with van der Waals surface area (Å²) in [5.74, 6) is -0.435. The number of rotatable bonds is 5. The molecule has 6 nitrogen and oxygen atoms in total. The summed E-state index contributed by atoms with van der Waals surface area (Å²) in [7, 11) is 0. The number of carbonyl (C=O) groups is 2. The van der Waals surface area contributed by atoms with Crippen LogP contribution in [0.5, 0.6) is 0 Å². The number of pyridine rings is 1. The van der Waals surface area contributed by atoms with Crippen LogP contribution in [0.2, 0.25) is 0 Å². The molecule has 0 aliphatic heterocycles. The maximum absolute atomic E-state index is 13.2. The first-order valence-electron chi connectivity index (χ1n) is 9.84. The first-order valence-corrected chi connectivity index (χ1v) is 9.84. The van der Waals surface area contributed by atoms with E-state index in [-0.39, 0.29) is 17.7 Å². The molecule has 5 rings (SSSR count). The van der Waals surface area contributed by atoms with Crippen molar-refractivity contribution in [3.63, 3.8) is 0 Å². The van der Waals surface area contributed by atoms with Gasteiger partial charge >= 0.3 is 0 Å². The lowest BCUT2D eigenvalue weighted by Gasteiger charge is -2.14. The number of benzene rings is 2. The Hall–Kier alpha value is -3.93. The number of hydrogen-bond acceptors (Lipinski definition) is 3. The normalized spacial score (nSPS) is 17.6. The second-order valence-corrected chi connectivity index (χ2v) is 7.58. The van der Waals surface area contributed by atoms with Crippen molar-refractivity contribution in [2.24, 2.45) is 5.73 Å². The zero-order chi connectivity index (χ0) is 20.7. The van der Waals surface area contributed by atoms with Gasteiger partial charge in [-0.1, -0.05) is 36.4 Å². The molecule has 148 valence electrons. The molecule has 1 aliphatic carbocycles. The topological polar surface area (TPSA) is 101 Å². The van der Waals surface area contributed by atoms with Crippen LogP contribution in [-0.2, 0) is 0 Å². The number of amides is 2. The largest absolute Gasteiger partial charge is 0.366 e. The molecule has 2 aromatic carbocycles. The number of aromatic nitrogens is 2. The number of primary amides is 1. The van der Waals surface area contributed by atoms with Crippen molar-refractivity contribution >= 4 is 28.5 Å². The van der Waals surface area contributed by atoms with Gasteiger partial charge in [-0.05, 0) is 53.6 Å². The quantitative estimate of drug-likeness (QED) is 0.471. The van der Waals surface area contributed by atoms with E-state index in [4.69, 9.17) is 5.73 Å². The Kier molecular flexibility index (Phi) is 4.32. The Morgan fingerprint density at radius 1 is 1.00 bits per heavy atom. The lowest BCUT2D eigenvalue weighted by atomic mass is 9.93. The van der Waals surface area contributed by atoms with Crippen molar-refractivity contribution in [2.75, 3.05) is 5.32 Å². The highest BCUT2D eigenvalue weighted by atomic mass is 16.2. The minimum Gasteiger partial charge on any atom is -0.366 e. The lowest BCUT2D eigenvalue weighted by Crippen LogP contribution is -2.19. The van der Waals surface area contributed by atoms with Crippen molar-refractivity contribution in [1.29, 1.82) is 0 Å². The SMILES string of the molecule is NC(=O)c1cccc(C(=O)Nc2cnc3[nH]ccc3c2)c1[C@H]1C[C@H]1c1ccccc1. The number of H-pyrrole nitrogens is 1. The molecule has 0 radical (unpaired) electrons. The van der Waals surface area contributed by atoms with E-state index in [2.05, 4.69) is 27.4 Å². The second kappa shape index (κ2) is 7.15. The highest BCUT2D eigenvalue weighted by molar-refractivity contribution is 6.08. The minimum atomic E-state index is -0.520. The van der Waals surface area contributed by atoms with Gasteiger partial charge < -0.3 is 16.0 Å². The molecule has 0 bridgehead atoms. The van der Waals surface area contributed by atoms with E-state index in [9.17, 15) is 9.59 Å². The van der Waals surface area contributed by atoms with Crippen LogP contribution in [0.15, 0.2) is 73.1 Å². The van der Waals surface area contributed by atoms with Gasteiger partial charge in [0, 0.05) is 22.7 Å². The molecular weight excluding hydrogens is 376 g/mol. The number of carbonyl (C=O) groups excluding carboxylic acids is 2. The summed E-state index contributed by atoms with van der Waals surface area (Å²) in [6, 6.07) is 19.0. The van der Waals surface area contributed by atoms with Gasteiger partial charge in [-0.15, -0.1) is 0 Å². The van der Waals surface area contributed by atoms with Gasteiger partial charge in [0.1, 0.15) is 5.65 Å². The molecule has 1 aliphatic rings. The molecule has 2 heterocycles. The molecule has 30 heavy (non-hydrogen) atoms. The van der Waals surface area contributed by atoms with Gasteiger partial charge in [0.05, 0.1) is 11.9 Å².